The number of ether oxygens (including phenoxy) is 2. The van der Waals surface area contributed by atoms with E-state index in [1.54, 1.807) is 19.1 Å². The van der Waals surface area contributed by atoms with Crippen LogP contribution in [0.5, 0.6) is 0 Å². The van der Waals surface area contributed by atoms with Crippen LogP contribution in [0.15, 0.2) is 46.9 Å². The molecule has 10 heteroatoms. The van der Waals surface area contributed by atoms with Crippen molar-refractivity contribution in [3.05, 3.63) is 68.2 Å². The number of carbonyl (C=O) groups is 2. The second kappa shape index (κ2) is 7.89. The van der Waals surface area contributed by atoms with E-state index in [0.717, 1.165) is 0 Å². The predicted molar refractivity (Wildman–Crippen MR) is 104 cm³/mol. The number of amides is 1. The van der Waals surface area contributed by atoms with Crippen LogP contribution in [0.4, 0.5) is 16.2 Å². The molecule has 1 atom stereocenters. The molecule has 148 valence electrons. The predicted octanol–water partition coefficient (Wildman–Crippen LogP) is 3.80. The lowest BCUT2D eigenvalue weighted by Gasteiger charge is -2.21. The number of anilines is 1. The third-order valence-corrected chi connectivity index (χ3v) is 4.81. The molecule has 3 rings (SSSR count). The monoisotopic (exact) mass is 459 g/mol. The molecule has 1 aliphatic heterocycles. The van der Waals surface area contributed by atoms with Gasteiger partial charge in [-0.25, -0.2) is 4.79 Å². The lowest BCUT2D eigenvalue weighted by Crippen LogP contribution is -2.42. The average molecular weight is 460 g/mol. The van der Waals surface area contributed by atoms with Gasteiger partial charge < -0.3 is 14.4 Å². The van der Waals surface area contributed by atoms with Crippen molar-refractivity contribution in [1.29, 1.82) is 5.26 Å². The van der Waals surface area contributed by atoms with Crippen molar-refractivity contribution in [3.63, 3.8) is 0 Å². The Kier molecular flexibility index (Phi) is 5.52. The summed E-state index contributed by atoms with van der Waals surface area (Å²) in [5, 5.41) is 20.6. The number of nitrogens with zero attached hydrogens (tertiary/aromatic N) is 3. The van der Waals surface area contributed by atoms with Gasteiger partial charge in [0.25, 0.3) is 11.6 Å². The van der Waals surface area contributed by atoms with E-state index in [1.165, 1.54) is 35.2 Å². The summed E-state index contributed by atoms with van der Waals surface area (Å²) in [6.45, 7) is 1.62. The first-order valence-corrected chi connectivity index (χ1v) is 9.24. The summed E-state index contributed by atoms with van der Waals surface area (Å²) in [6.07, 6.45) is -1.13. The molecule has 2 aromatic rings. The Morgan fingerprint density at radius 3 is 2.59 bits per heavy atom. The highest BCUT2D eigenvalue weighted by Crippen LogP contribution is 2.44. The maximum Gasteiger partial charge on any atom is 0.510 e. The summed E-state index contributed by atoms with van der Waals surface area (Å²) in [5.41, 5.74) is -1.08. The van der Waals surface area contributed by atoms with E-state index in [0.29, 0.717) is 15.7 Å². The van der Waals surface area contributed by atoms with Crippen molar-refractivity contribution >= 4 is 39.4 Å². The van der Waals surface area contributed by atoms with Crippen LogP contribution >= 0.6 is 15.9 Å². The molecule has 0 aliphatic carbocycles. The van der Waals surface area contributed by atoms with Gasteiger partial charge in [-0.2, -0.15) is 5.26 Å². The summed E-state index contributed by atoms with van der Waals surface area (Å²) in [6, 6.07) is 12.3. The van der Waals surface area contributed by atoms with E-state index in [9.17, 15) is 25.0 Å². The summed E-state index contributed by atoms with van der Waals surface area (Å²) in [4.78, 5) is 36.7. The molecule has 2 aromatic carbocycles. The van der Waals surface area contributed by atoms with E-state index in [2.05, 4.69) is 15.9 Å². The van der Waals surface area contributed by atoms with Crippen LogP contribution in [0.2, 0.25) is 0 Å². The van der Waals surface area contributed by atoms with E-state index in [1.807, 2.05) is 6.07 Å². The van der Waals surface area contributed by atoms with Gasteiger partial charge in [-0.15, -0.1) is 0 Å². The number of nitro groups is 1. The van der Waals surface area contributed by atoms with Crippen molar-refractivity contribution in [2.75, 3.05) is 11.5 Å². The van der Waals surface area contributed by atoms with Crippen LogP contribution in [-0.2, 0) is 26.4 Å². The molecule has 0 N–H and O–H groups in total. The fourth-order valence-electron chi connectivity index (χ4n) is 3.00. The van der Waals surface area contributed by atoms with Crippen molar-refractivity contribution in [1.82, 2.24) is 0 Å². The third-order valence-electron chi connectivity index (χ3n) is 4.32. The highest BCUT2D eigenvalue weighted by atomic mass is 79.9. The number of nitriles is 1. The molecule has 1 heterocycles. The minimum atomic E-state index is -2.19. The molecule has 0 radical (unpaired) electrons. The Balaban J connectivity index is 2.01. The molecule has 0 aromatic heterocycles. The number of hydrogen-bond acceptors (Lipinski definition) is 7. The zero-order chi connectivity index (χ0) is 21.2. The van der Waals surface area contributed by atoms with Crippen molar-refractivity contribution in [3.8, 4) is 6.07 Å². The van der Waals surface area contributed by atoms with Gasteiger partial charge in [0.15, 0.2) is 0 Å². The number of carbonyl (C=O) groups excluding carboxylic acids is 2. The van der Waals surface area contributed by atoms with E-state index < -0.39 is 22.6 Å². The SMILES string of the molecule is CCOC(=O)O[C@]1(C#N)C(=O)N(Cc2ccc([N+](=O)[O-])cc2)c2ccc(Br)cc21. The van der Waals surface area contributed by atoms with Gasteiger partial charge in [-0.1, -0.05) is 28.1 Å². The maximum absolute atomic E-state index is 13.2. The number of hydrogen-bond donors (Lipinski definition) is 0. The lowest BCUT2D eigenvalue weighted by molar-refractivity contribution is -0.384. The second-order valence-electron chi connectivity index (χ2n) is 6.05. The summed E-state index contributed by atoms with van der Waals surface area (Å²) >= 11 is 3.30. The molecule has 0 saturated carbocycles. The van der Waals surface area contributed by atoms with Crippen LogP contribution in [0, 0.1) is 21.4 Å². The lowest BCUT2D eigenvalue weighted by atomic mass is 9.97. The minimum absolute atomic E-state index is 0.0202. The van der Waals surface area contributed by atoms with Crippen molar-refractivity contribution < 1.29 is 24.0 Å². The Labute approximate surface area is 173 Å². The van der Waals surface area contributed by atoms with Crippen LogP contribution in [0.1, 0.15) is 18.1 Å². The highest BCUT2D eigenvalue weighted by molar-refractivity contribution is 9.10. The van der Waals surface area contributed by atoms with Crippen molar-refractivity contribution in [2.45, 2.75) is 19.1 Å². The normalized spacial score (nSPS) is 17.4. The van der Waals surface area contributed by atoms with Gasteiger partial charge in [0.2, 0.25) is 0 Å². The highest BCUT2D eigenvalue weighted by Gasteiger charge is 2.55. The number of benzene rings is 2. The van der Waals surface area contributed by atoms with Gasteiger partial charge in [-0.3, -0.25) is 14.9 Å². The quantitative estimate of drug-likeness (QED) is 0.378. The van der Waals surface area contributed by atoms with E-state index in [4.69, 9.17) is 9.47 Å². The average Bonchev–Trinajstić information content (AvgIpc) is 2.91. The molecule has 0 fully saturated rings. The number of fused-ring (bicyclic) bond motifs is 1. The van der Waals surface area contributed by atoms with Crippen molar-refractivity contribution in [2.24, 2.45) is 0 Å². The van der Waals surface area contributed by atoms with Gasteiger partial charge in [0, 0.05) is 22.2 Å². The van der Waals surface area contributed by atoms with Gasteiger partial charge in [-0.05, 0) is 30.7 Å². The molecule has 1 aliphatic rings. The zero-order valence-electron chi connectivity index (χ0n) is 15.1. The second-order valence-corrected chi connectivity index (χ2v) is 6.97. The molecule has 0 unspecified atom stereocenters. The summed E-state index contributed by atoms with van der Waals surface area (Å²) in [7, 11) is 0. The summed E-state index contributed by atoms with van der Waals surface area (Å²) in [5.74, 6) is -0.750. The fourth-order valence-corrected chi connectivity index (χ4v) is 3.37. The van der Waals surface area contributed by atoms with Crippen LogP contribution in [0.3, 0.4) is 0 Å². The molecule has 0 bridgehead atoms. The van der Waals surface area contributed by atoms with E-state index >= 15 is 0 Å². The smallest absolute Gasteiger partial charge is 0.435 e. The number of halogens is 1. The van der Waals surface area contributed by atoms with Crippen LogP contribution in [-0.4, -0.2) is 23.6 Å². The van der Waals surface area contributed by atoms with Crippen LogP contribution in [0.25, 0.3) is 0 Å². The molecular formula is C19H14BrN3O6. The van der Waals surface area contributed by atoms with E-state index in [-0.39, 0.29) is 24.4 Å². The fraction of sp³-hybridized carbons (Fsp3) is 0.211. The number of non-ortho nitro benzene ring substituents is 1. The first-order valence-electron chi connectivity index (χ1n) is 8.44. The maximum atomic E-state index is 13.2. The molecule has 1 amide bonds. The zero-order valence-corrected chi connectivity index (χ0v) is 16.7. The minimum Gasteiger partial charge on any atom is -0.435 e. The Morgan fingerprint density at radius 1 is 1.31 bits per heavy atom. The van der Waals surface area contributed by atoms with Gasteiger partial charge in [0.05, 0.1) is 23.8 Å². The largest absolute Gasteiger partial charge is 0.510 e. The molecular weight excluding hydrogens is 446 g/mol. The number of nitro benzene ring substituents is 1. The number of rotatable bonds is 5. The van der Waals surface area contributed by atoms with Gasteiger partial charge in [0.1, 0.15) is 6.07 Å². The Morgan fingerprint density at radius 2 is 2.00 bits per heavy atom. The first-order chi connectivity index (χ1) is 13.8. The van der Waals surface area contributed by atoms with Gasteiger partial charge >= 0.3 is 11.8 Å². The third kappa shape index (κ3) is 3.64. The Bertz CT molecular complexity index is 1030. The molecule has 0 saturated heterocycles. The topological polar surface area (TPSA) is 123 Å². The van der Waals surface area contributed by atoms with Crippen LogP contribution < -0.4 is 4.90 Å². The molecule has 9 nitrogen and oxygen atoms in total. The molecule has 29 heavy (non-hydrogen) atoms. The standard InChI is InChI=1S/C19H14BrN3O6/c1-2-28-18(25)29-19(11-21)15-9-13(20)5-8-16(15)22(17(19)24)10-12-3-6-14(7-4-12)23(26)27/h3-9H,2,10H2,1H3/t19-/m0/s1. The first kappa shape index (κ1) is 20.3. The molecule has 0 spiro atoms. The summed E-state index contributed by atoms with van der Waals surface area (Å²) < 4.78 is 10.5. The Hall–Kier alpha value is -3.45.